The molecule has 1 atom stereocenters. The van der Waals surface area contributed by atoms with Crippen molar-refractivity contribution in [2.75, 3.05) is 0 Å². The fraction of sp³-hybridized carbons (Fsp3) is 0.643. The van der Waals surface area contributed by atoms with Crippen LogP contribution in [0, 0.1) is 0 Å². The van der Waals surface area contributed by atoms with Gasteiger partial charge in [0.15, 0.2) is 5.78 Å². The Hall–Kier alpha value is -1.05. The molecular weight excluding hydrogens is 200 g/mol. The zero-order chi connectivity index (χ0) is 11.6. The lowest BCUT2D eigenvalue weighted by atomic mass is 9.87. The molecule has 1 heterocycles. The SMILES string of the molecule is CCCC[C@@]1(C)CC=C2C(=O)CCC=C2O1. The van der Waals surface area contributed by atoms with Crippen molar-refractivity contribution in [1.29, 1.82) is 0 Å². The molecular formula is C14H20O2. The van der Waals surface area contributed by atoms with Crippen LogP contribution in [0.15, 0.2) is 23.5 Å². The monoisotopic (exact) mass is 220 g/mol. The average molecular weight is 220 g/mol. The summed E-state index contributed by atoms with van der Waals surface area (Å²) < 4.78 is 6.02. The van der Waals surface area contributed by atoms with E-state index in [9.17, 15) is 4.79 Å². The number of carbonyl (C=O) groups excluding carboxylic acids is 1. The van der Waals surface area contributed by atoms with Crippen LogP contribution in [-0.4, -0.2) is 11.4 Å². The van der Waals surface area contributed by atoms with Crippen molar-refractivity contribution in [3.8, 4) is 0 Å². The van der Waals surface area contributed by atoms with E-state index in [1.807, 2.05) is 0 Å². The van der Waals surface area contributed by atoms with E-state index in [1.165, 1.54) is 12.8 Å². The van der Waals surface area contributed by atoms with Crippen molar-refractivity contribution in [2.24, 2.45) is 0 Å². The fourth-order valence-corrected chi connectivity index (χ4v) is 2.36. The van der Waals surface area contributed by atoms with Gasteiger partial charge in [-0.2, -0.15) is 0 Å². The highest BCUT2D eigenvalue weighted by Gasteiger charge is 2.33. The van der Waals surface area contributed by atoms with Gasteiger partial charge in [0.2, 0.25) is 0 Å². The maximum absolute atomic E-state index is 11.7. The van der Waals surface area contributed by atoms with Crippen LogP contribution in [0.4, 0.5) is 0 Å². The Bertz CT molecular complexity index is 352. The number of allylic oxidation sites excluding steroid dienone is 2. The Morgan fingerprint density at radius 3 is 3.00 bits per heavy atom. The molecule has 0 unspecified atom stereocenters. The molecule has 1 aliphatic carbocycles. The van der Waals surface area contributed by atoms with Gasteiger partial charge in [0.25, 0.3) is 0 Å². The molecule has 0 aromatic rings. The quantitative estimate of drug-likeness (QED) is 0.727. The molecule has 2 nitrogen and oxygen atoms in total. The minimum atomic E-state index is -0.0943. The van der Waals surface area contributed by atoms with E-state index in [4.69, 9.17) is 4.74 Å². The van der Waals surface area contributed by atoms with Crippen LogP contribution in [0.2, 0.25) is 0 Å². The lowest BCUT2D eigenvalue weighted by Crippen LogP contribution is -2.33. The normalized spacial score (nSPS) is 29.0. The Kier molecular flexibility index (Phi) is 3.17. The molecule has 0 fully saturated rings. The summed E-state index contributed by atoms with van der Waals surface area (Å²) in [6.45, 7) is 4.34. The molecule has 88 valence electrons. The van der Waals surface area contributed by atoms with E-state index in [0.717, 1.165) is 30.6 Å². The molecule has 0 amide bonds. The first-order valence-electron chi connectivity index (χ1n) is 6.27. The third-order valence-electron chi connectivity index (χ3n) is 3.42. The largest absolute Gasteiger partial charge is 0.487 e. The van der Waals surface area contributed by atoms with Gasteiger partial charge in [-0.15, -0.1) is 0 Å². The highest BCUT2D eigenvalue weighted by molar-refractivity contribution is 6.00. The first-order valence-corrected chi connectivity index (χ1v) is 6.27. The second-order valence-corrected chi connectivity index (χ2v) is 5.01. The van der Waals surface area contributed by atoms with Gasteiger partial charge in [0.1, 0.15) is 11.4 Å². The third kappa shape index (κ3) is 2.21. The lowest BCUT2D eigenvalue weighted by molar-refractivity contribution is -0.116. The predicted molar refractivity (Wildman–Crippen MR) is 64.0 cm³/mol. The first-order chi connectivity index (χ1) is 7.64. The van der Waals surface area contributed by atoms with E-state index in [1.54, 1.807) is 0 Å². The lowest BCUT2D eigenvalue weighted by Gasteiger charge is -2.36. The Balaban J connectivity index is 2.14. The molecule has 0 aromatic heterocycles. The number of carbonyl (C=O) groups is 1. The summed E-state index contributed by atoms with van der Waals surface area (Å²) in [6, 6.07) is 0. The molecule has 0 saturated heterocycles. The molecule has 0 bridgehead atoms. The van der Waals surface area contributed by atoms with Gasteiger partial charge >= 0.3 is 0 Å². The van der Waals surface area contributed by atoms with E-state index >= 15 is 0 Å². The van der Waals surface area contributed by atoms with Gasteiger partial charge in [-0.3, -0.25) is 4.79 Å². The first kappa shape index (κ1) is 11.4. The molecule has 0 spiro atoms. The second-order valence-electron chi connectivity index (χ2n) is 5.01. The van der Waals surface area contributed by atoms with Crippen molar-refractivity contribution >= 4 is 5.78 Å². The summed E-state index contributed by atoms with van der Waals surface area (Å²) in [5.74, 6) is 1.08. The minimum Gasteiger partial charge on any atom is -0.487 e. The molecule has 1 aliphatic heterocycles. The third-order valence-corrected chi connectivity index (χ3v) is 3.42. The van der Waals surface area contributed by atoms with E-state index < -0.39 is 0 Å². The van der Waals surface area contributed by atoms with E-state index in [0.29, 0.717) is 6.42 Å². The number of hydrogen-bond acceptors (Lipinski definition) is 2. The molecule has 2 aliphatic rings. The summed E-state index contributed by atoms with van der Waals surface area (Å²) >= 11 is 0. The van der Waals surface area contributed by atoms with Crippen LogP contribution in [0.25, 0.3) is 0 Å². The minimum absolute atomic E-state index is 0.0943. The zero-order valence-corrected chi connectivity index (χ0v) is 10.2. The van der Waals surface area contributed by atoms with Crippen LogP contribution < -0.4 is 0 Å². The Morgan fingerprint density at radius 2 is 2.25 bits per heavy atom. The predicted octanol–water partition coefficient (Wildman–Crippen LogP) is 3.53. The molecule has 0 saturated carbocycles. The Morgan fingerprint density at radius 1 is 1.44 bits per heavy atom. The fourth-order valence-electron chi connectivity index (χ4n) is 2.36. The second kappa shape index (κ2) is 4.44. The number of ketones is 1. The van der Waals surface area contributed by atoms with Gasteiger partial charge < -0.3 is 4.74 Å². The summed E-state index contributed by atoms with van der Waals surface area (Å²) in [6.07, 6.45) is 9.92. The molecule has 0 radical (unpaired) electrons. The standard InChI is InChI=1S/C14H20O2/c1-3-4-9-14(2)10-8-11-12(15)6-5-7-13(11)16-14/h7-8H,3-6,9-10H2,1-2H3/t14-/m0/s1. The van der Waals surface area contributed by atoms with Gasteiger partial charge in [0.05, 0.1) is 5.57 Å². The number of ether oxygens (including phenoxy) is 1. The van der Waals surface area contributed by atoms with Crippen molar-refractivity contribution in [1.82, 2.24) is 0 Å². The van der Waals surface area contributed by atoms with Crippen molar-refractivity contribution in [3.05, 3.63) is 23.5 Å². The van der Waals surface area contributed by atoms with Crippen molar-refractivity contribution in [3.63, 3.8) is 0 Å². The number of fused-ring (bicyclic) bond motifs is 1. The van der Waals surface area contributed by atoms with Gasteiger partial charge in [-0.25, -0.2) is 0 Å². The van der Waals surface area contributed by atoms with Crippen LogP contribution in [0.1, 0.15) is 52.4 Å². The van der Waals surface area contributed by atoms with E-state index in [2.05, 4.69) is 26.0 Å². The highest BCUT2D eigenvalue weighted by atomic mass is 16.5. The summed E-state index contributed by atoms with van der Waals surface area (Å²) in [7, 11) is 0. The number of rotatable bonds is 3. The van der Waals surface area contributed by atoms with E-state index in [-0.39, 0.29) is 11.4 Å². The van der Waals surface area contributed by atoms with Crippen molar-refractivity contribution < 1.29 is 9.53 Å². The van der Waals surface area contributed by atoms with Crippen LogP contribution in [0.3, 0.4) is 0 Å². The maximum atomic E-state index is 11.7. The van der Waals surface area contributed by atoms with Gasteiger partial charge in [-0.1, -0.05) is 19.4 Å². The Labute approximate surface area is 97.4 Å². The molecule has 16 heavy (non-hydrogen) atoms. The smallest absolute Gasteiger partial charge is 0.166 e. The van der Waals surface area contributed by atoms with Crippen LogP contribution in [-0.2, 0) is 9.53 Å². The zero-order valence-electron chi connectivity index (χ0n) is 10.2. The topological polar surface area (TPSA) is 26.3 Å². The van der Waals surface area contributed by atoms with Crippen LogP contribution >= 0.6 is 0 Å². The van der Waals surface area contributed by atoms with Crippen LogP contribution in [0.5, 0.6) is 0 Å². The number of unbranched alkanes of at least 4 members (excludes halogenated alkanes) is 1. The summed E-state index contributed by atoms with van der Waals surface area (Å²) in [5.41, 5.74) is 0.725. The molecule has 2 rings (SSSR count). The summed E-state index contributed by atoms with van der Waals surface area (Å²) in [5, 5.41) is 0. The molecule has 2 heteroatoms. The number of hydrogen-bond donors (Lipinski definition) is 0. The molecule has 0 N–H and O–H groups in total. The van der Waals surface area contributed by atoms with Gasteiger partial charge in [-0.05, 0) is 32.3 Å². The average Bonchev–Trinajstić information content (AvgIpc) is 2.26. The maximum Gasteiger partial charge on any atom is 0.166 e. The molecule has 0 aromatic carbocycles. The highest BCUT2D eigenvalue weighted by Crippen LogP contribution is 2.36. The number of Topliss-reactive ketones (excluding diaryl/α,β-unsaturated/α-hetero) is 1. The van der Waals surface area contributed by atoms with Crippen molar-refractivity contribution in [2.45, 2.75) is 58.0 Å². The summed E-state index contributed by atoms with van der Waals surface area (Å²) in [4.78, 5) is 11.7. The van der Waals surface area contributed by atoms with Gasteiger partial charge in [0, 0.05) is 12.8 Å².